The molecule has 1 heterocycles. The maximum atomic E-state index is 13.2. The zero-order valence-electron chi connectivity index (χ0n) is 11.2. The minimum absolute atomic E-state index is 0.0672. The average Bonchev–Trinajstić information content (AvgIpc) is 2.50. The summed E-state index contributed by atoms with van der Waals surface area (Å²) in [5.41, 5.74) is 2.59. The molecule has 1 amide bonds. The van der Waals surface area contributed by atoms with Crippen molar-refractivity contribution in [1.82, 2.24) is 0 Å². The standard InChI is InChI=1S/C16H14BrFN2O/c17-13-9-10(5-6-14(13)18)20-16(21)12-7-8-19-15-4-2-1-3-11(12)15/h1-6,9,12,19H,7-8H2,(H,20,21). The highest BCUT2D eigenvalue weighted by Crippen LogP contribution is 2.32. The number of rotatable bonds is 2. The van der Waals surface area contributed by atoms with Crippen LogP contribution in [-0.2, 0) is 4.79 Å². The molecule has 3 rings (SSSR count). The van der Waals surface area contributed by atoms with Crippen molar-refractivity contribution >= 4 is 33.2 Å². The summed E-state index contributed by atoms with van der Waals surface area (Å²) < 4.78 is 13.6. The predicted octanol–water partition coefficient (Wildman–Crippen LogP) is 4.13. The Morgan fingerprint density at radius 1 is 1.29 bits per heavy atom. The van der Waals surface area contributed by atoms with Crippen LogP contribution in [0.25, 0.3) is 0 Å². The van der Waals surface area contributed by atoms with Crippen molar-refractivity contribution in [3.63, 3.8) is 0 Å². The Morgan fingerprint density at radius 2 is 2.10 bits per heavy atom. The molecule has 21 heavy (non-hydrogen) atoms. The molecular weight excluding hydrogens is 335 g/mol. The van der Waals surface area contributed by atoms with Crippen molar-refractivity contribution in [2.45, 2.75) is 12.3 Å². The molecule has 1 aliphatic heterocycles. The van der Waals surface area contributed by atoms with E-state index in [4.69, 9.17) is 0 Å². The topological polar surface area (TPSA) is 41.1 Å². The second-order valence-corrected chi connectivity index (χ2v) is 5.83. The van der Waals surface area contributed by atoms with Gasteiger partial charge in [0.25, 0.3) is 0 Å². The normalized spacial score (nSPS) is 16.8. The van der Waals surface area contributed by atoms with E-state index in [-0.39, 0.29) is 17.6 Å². The monoisotopic (exact) mass is 348 g/mol. The van der Waals surface area contributed by atoms with Crippen LogP contribution in [0, 0.1) is 5.82 Å². The van der Waals surface area contributed by atoms with E-state index in [1.54, 1.807) is 12.1 Å². The van der Waals surface area contributed by atoms with Crippen LogP contribution < -0.4 is 10.6 Å². The summed E-state index contributed by atoms with van der Waals surface area (Å²) in [5, 5.41) is 6.15. The summed E-state index contributed by atoms with van der Waals surface area (Å²) >= 11 is 3.12. The SMILES string of the molecule is O=C(Nc1ccc(F)c(Br)c1)C1CCNc2ccccc21. The van der Waals surface area contributed by atoms with Gasteiger partial charge in [-0.3, -0.25) is 4.79 Å². The number of amides is 1. The predicted molar refractivity (Wildman–Crippen MR) is 85.0 cm³/mol. The van der Waals surface area contributed by atoms with Gasteiger partial charge in [0.2, 0.25) is 5.91 Å². The third kappa shape index (κ3) is 2.93. The fourth-order valence-corrected chi connectivity index (χ4v) is 2.92. The maximum Gasteiger partial charge on any atom is 0.232 e. The molecule has 1 atom stereocenters. The number of benzene rings is 2. The van der Waals surface area contributed by atoms with Gasteiger partial charge in [0.1, 0.15) is 5.82 Å². The molecule has 2 aromatic carbocycles. The number of carbonyl (C=O) groups excluding carboxylic acids is 1. The first-order valence-electron chi connectivity index (χ1n) is 6.74. The highest BCUT2D eigenvalue weighted by atomic mass is 79.9. The highest BCUT2D eigenvalue weighted by molar-refractivity contribution is 9.10. The molecule has 0 radical (unpaired) electrons. The van der Waals surface area contributed by atoms with Crippen LogP contribution in [0.4, 0.5) is 15.8 Å². The van der Waals surface area contributed by atoms with E-state index < -0.39 is 0 Å². The maximum absolute atomic E-state index is 13.2. The molecule has 5 heteroatoms. The lowest BCUT2D eigenvalue weighted by Gasteiger charge is -2.25. The van der Waals surface area contributed by atoms with Crippen molar-refractivity contribution in [1.29, 1.82) is 0 Å². The van der Waals surface area contributed by atoms with E-state index in [1.165, 1.54) is 6.07 Å². The third-order valence-corrected chi connectivity index (χ3v) is 4.20. The molecule has 0 bridgehead atoms. The molecule has 0 aliphatic carbocycles. The lowest BCUT2D eigenvalue weighted by atomic mass is 9.90. The first kappa shape index (κ1) is 14.1. The van der Waals surface area contributed by atoms with E-state index in [9.17, 15) is 9.18 Å². The molecule has 108 valence electrons. The molecule has 0 fully saturated rings. The third-order valence-electron chi connectivity index (χ3n) is 3.59. The Labute approximate surface area is 130 Å². The summed E-state index contributed by atoms with van der Waals surface area (Å²) in [4.78, 5) is 12.5. The zero-order valence-corrected chi connectivity index (χ0v) is 12.8. The zero-order chi connectivity index (χ0) is 14.8. The largest absolute Gasteiger partial charge is 0.385 e. The van der Waals surface area contributed by atoms with Crippen LogP contribution in [0.15, 0.2) is 46.9 Å². The first-order valence-corrected chi connectivity index (χ1v) is 7.53. The van der Waals surface area contributed by atoms with E-state index in [0.717, 1.165) is 24.2 Å². The number of hydrogen-bond donors (Lipinski definition) is 2. The second kappa shape index (κ2) is 5.85. The smallest absolute Gasteiger partial charge is 0.232 e. The fourth-order valence-electron chi connectivity index (χ4n) is 2.54. The minimum Gasteiger partial charge on any atom is -0.385 e. The summed E-state index contributed by atoms with van der Waals surface area (Å²) in [5.74, 6) is -0.603. The summed E-state index contributed by atoms with van der Waals surface area (Å²) in [6, 6.07) is 12.3. The Hall–Kier alpha value is -1.88. The summed E-state index contributed by atoms with van der Waals surface area (Å²) in [6.07, 6.45) is 0.741. The van der Waals surface area contributed by atoms with Crippen molar-refractivity contribution in [3.8, 4) is 0 Å². The molecule has 2 N–H and O–H groups in total. The fraction of sp³-hybridized carbons (Fsp3) is 0.188. The average molecular weight is 349 g/mol. The Balaban J connectivity index is 1.81. The Bertz CT molecular complexity index is 690. The highest BCUT2D eigenvalue weighted by Gasteiger charge is 2.26. The van der Waals surface area contributed by atoms with E-state index in [2.05, 4.69) is 26.6 Å². The number of anilines is 2. The van der Waals surface area contributed by atoms with E-state index in [0.29, 0.717) is 10.2 Å². The van der Waals surface area contributed by atoms with Crippen LogP contribution in [0.3, 0.4) is 0 Å². The van der Waals surface area contributed by atoms with Crippen LogP contribution >= 0.6 is 15.9 Å². The van der Waals surface area contributed by atoms with Gasteiger partial charge in [-0.25, -0.2) is 4.39 Å². The molecule has 0 aromatic heterocycles. The number of para-hydroxylation sites is 1. The molecule has 3 nitrogen and oxygen atoms in total. The van der Waals surface area contributed by atoms with Crippen LogP contribution in [-0.4, -0.2) is 12.5 Å². The second-order valence-electron chi connectivity index (χ2n) is 4.97. The van der Waals surface area contributed by atoms with Crippen LogP contribution in [0.5, 0.6) is 0 Å². The lowest BCUT2D eigenvalue weighted by Crippen LogP contribution is -2.27. The number of nitrogens with one attached hydrogen (secondary N) is 2. The van der Waals surface area contributed by atoms with Gasteiger partial charge in [-0.1, -0.05) is 18.2 Å². The van der Waals surface area contributed by atoms with Crippen LogP contribution in [0.2, 0.25) is 0 Å². The minimum atomic E-state index is -0.347. The van der Waals surface area contributed by atoms with E-state index >= 15 is 0 Å². The summed E-state index contributed by atoms with van der Waals surface area (Å²) in [6.45, 7) is 0.766. The van der Waals surface area contributed by atoms with Crippen molar-refractivity contribution in [2.75, 3.05) is 17.2 Å². The van der Waals surface area contributed by atoms with Gasteiger partial charge in [-0.15, -0.1) is 0 Å². The number of halogens is 2. The van der Waals surface area contributed by atoms with Crippen LogP contribution in [0.1, 0.15) is 17.9 Å². The van der Waals surface area contributed by atoms with Crippen molar-refractivity contribution in [3.05, 3.63) is 58.3 Å². The molecule has 0 spiro atoms. The Morgan fingerprint density at radius 3 is 2.90 bits per heavy atom. The lowest BCUT2D eigenvalue weighted by molar-refractivity contribution is -0.117. The molecule has 1 aliphatic rings. The molecular formula is C16H14BrFN2O. The van der Waals surface area contributed by atoms with Gasteiger partial charge in [0, 0.05) is 17.9 Å². The number of hydrogen-bond acceptors (Lipinski definition) is 2. The molecule has 1 unspecified atom stereocenters. The van der Waals surface area contributed by atoms with Gasteiger partial charge in [0.05, 0.1) is 10.4 Å². The van der Waals surface area contributed by atoms with Gasteiger partial charge in [-0.2, -0.15) is 0 Å². The summed E-state index contributed by atoms with van der Waals surface area (Å²) in [7, 11) is 0. The van der Waals surface area contributed by atoms with Gasteiger partial charge in [0.15, 0.2) is 0 Å². The Kier molecular flexibility index (Phi) is 3.92. The van der Waals surface area contributed by atoms with Gasteiger partial charge in [-0.05, 0) is 52.2 Å². The van der Waals surface area contributed by atoms with Gasteiger partial charge < -0.3 is 10.6 Å². The van der Waals surface area contributed by atoms with Gasteiger partial charge >= 0.3 is 0 Å². The number of fused-ring (bicyclic) bond motifs is 1. The van der Waals surface area contributed by atoms with E-state index in [1.807, 2.05) is 24.3 Å². The molecule has 2 aromatic rings. The quantitative estimate of drug-likeness (QED) is 0.856. The van der Waals surface area contributed by atoms with Crippen molar-refractivity contribution < 1.29 is 9.18 Å². The molecule has 0 saturated heterocycles. The molecule has 0 saturated carbocycles. The number of carbonyl (C=O) groups is 1. The first-order chi connectivity index (χ1) is 10.1. The van der Waals surface area contributed by atoms with Crippen molar-refractivity contribution in [2.24, 2.45) is 0 Å².